The maximum absolute atomic E-state index is 13.5. The van der Waals surface area contributed by atoms with Gasteiger partial charge in [0.1, 0.15) is 5.82 Å². The number of hydrogen-bond acceptors (Lipinski definition) is 6. The highest BCUT2D eigenvalue weighted by molar-refractivity contribution is 7.92. The molecule has 4 aromatic rings. The molecule has 3 aromatic carbocycles. The molecule has 0 aliphatic carbocycles. The Morgan fingerprint density at radius 3 is 2.18 bits per heavy atom. The largest absolute Gasteiger partial charge is 0.224 e. The molecule has 33 heavy (non-hydrogen) atoms. The molecule has 5 nitrogen and oxygen atoms in total. The number of nitrogens with zero attached hydrogens (tertiary/aromatic N) is 1. The fraction of sp³-hybridized carbons (Fsp3) is 0.0870. The molecule has 0 unspecified atom stereocenters. The van der Waals surface area contributed by atoms with Crippen LogP contribution in [-0.4, -0.2) is 28.1 Å². The quantitative estimate of drug-likeness (QED) is 0.327. The van der Waals surface area contributed by atoms with Gasteiger partial charge in [0.2, 0.25) is 14.2 Å². The Labute approximate surface area is 200 Å². The van der Waals surface area contributed by atoms with Crippen molar-refractivity contribution in [2.75, 3.05) is 6.26 Å². The number of halogens is 2. The zero-order chi connectivity index (χ0) is 23.8. The van der Waals surface area contributed by atoms with Crippen molar-refractivity contribution >= 4 is 42.6 Å². The van der Waals surface area contributed by atoms with Crippen molar-refractivity contribution in [1.29, 1.82) is 0 Å². The molecule has 1 aromatic heterocycles. The zero-order valence-electron chi connectivity index (χ0n) is 17.2. The molecular formula is C23H17ClFNO4S3. The van der Waals surface area contributed by atoms with Crippen molar-refractivity contribution in [2.45, 2.75) is 15.0 Å². The first-order valence-electron chi connectivity index (χ1n) is 9.58. The van der Waals surface area contributed by atoms with Gasteiger partial charge in [0, 0.05) is 16.8 Å². The Kier molecular flexibility index (Phi) is 6.41. The van der Waals surface area contributed by atoms with Gasteiger partial charge in [-0.1, -0.05) is 54.1 Å². The highest BCUT2D eigenvalue weighted by Crippen LogP contribution is 2.41. The van der Waals surface area contributed by atoms with Crippen LogP contribution in [0.4, 0.5) is 4.39 Å². The monoisotopic (exact) mass is 521 g/mol. The predicted octanol–water partition coefficient (Wildman–Crippen LogP) is 5.65. The first-order valence-corrected chi connectivity index (χ1v) is 14.3. The normalized spacial score (nSPS) is 12.1. The number of benzene rings is 3. The molecule has 0 aliphatic heterocycles. The number of thiazole rings is 1. The number of hydrogen-bond donors (Lipinski definition) is 0. The van der Waals surface area contributed by atoms with Gasteiger partial charge in [-0.05, 0) is 41.5 Å². The van der Waals surface area contributed by atoms with E-state index in [0.29, 0.717) is 21.0 Å². The van der Waals surface area contributed by atoms with E-state index < -0.39 is 25.5 Å². The van der Waals surface area contributed by atoms with Gasteiger partial charge in [-0.2, -0.15) is 0 Å². The molecule has 0 saturated carbocycles. The smallest absolute Gasteiger partial charge is 0.210 e. The average Bonchev–Trinajstić information content (AvgIpc) is 3.22. The van der Waals surface area contributed by atoms with Crippen LogP contribution < -0.4 is 0 Å². The second kappa shape index (κ2) is 8.98. The molecule has 0 bridgehead atoms. The van der Waals surface area contributed by atoms with Gasteiger partial charge >= 0.3 is 0 Å². The van der Waals surface area contributed by atoms with E-state index in [9.17, 15) is 21.2 Å². The highest BCUT2D eigenvalue weighted by Gasteiger charge is 2.27. The van der Waals surface area contributed by atoms with E-state index in [1.807, 2.05) is 0 Å². The van der Waals surface area contributed by atoms with Gasteiger partial charge in [0.05, 0.1) is 21.2 Å². The Hall–Kier alpha value is -2.59. The topological polar surface area (TPSA) is 81.2 Å². The highest BCUT2D eigenvalue weighted by atomic mass is 35.5. The number of aromatic nitrogens is 1. The van der Waals surface area contributed by atoms with E-state index in [1.54, 1.807) is 42.5 Å². The average molecular weight is 522 g/mol. The second-order valence-corrected chi connectivity index (χ2v) is 12.9. The third-order valence-corrected chi connectivity index (χ3v) is 9.45. The maximum Gasteiger partial charge on any atom is 0.210 e. The molecule has 1 heterocycles. The third kappa shape index (κ3) is 5.16. The molecule has 10 heteroatoms. The van der Waals surface area contributed by atoms with Crippen LogP contribution in [0.3, 0.4) is 0 Å². The number of sulfone groups is 2. The Bertz CT molecular complexity index is 1530. The van der Waals surface area contributed by atoms with Gasteiger partial charge in [0.25, 0.3) is 0 Å². The molecule has 0 radical (unpaired) electrons. The summed E-state index contributed by atoms with van der Waals surface area (Å²) in [7, 11) is -7.48. The minimum absolute atomic E-state index is 0.0281. The predicted molar refractivity (Wildman–Crippen MR) is 128 cm³/mol. The summed E-state index contributed by atoms with van der Waals surface area (Å²) in [5, 5.41) is 0.490. The van der Waals surface area contributed by atoms with Gasteiger partial charge in [-0.15, -0.1) is 11.3 Å². The van der Waals surface area contributed by atoms with Crippen molar-refractivity contribution in [1.82, 2.24) is 4.98 Å². The van der Waals surface area contributed by atoms with Crippen molar-refractivity contribution < 1.29 is 21.2 Å². The zero-order valence-corrected chi connectivity index (χ0v) is 20.4. The van der Waals surface area contributed by atoms with Crippen molar-refractivity contribution in [3.8, 4) is 21.7 Å². The molecule has 170 valence electrons. The minimum Gasteiger partial charge on any atom is -0.224 e. The van der Waals surface area contributed by atoms with E-state index in [4.69, 9.17) is 11.6 Å². The standard InChI is InChI=1S/C23H17ClFNO4S3/c1-32(27,28)20-5-3-2-4-19(20)21-22(16-8-12-18(25)13-9-16)31-23(26-21)33(29,30)14-15-6-10-17(24)11-7-15/h2-13H,14H2,1H3. The van der Waals surface area contributed by atoms with Crippen LogP contribution >= 0.6 is 22.9 Å². The summed E-state index contributed by atoms with van der Waals surface area (Å²) in [5.41, 5.74) is 1.56. The SMILES string of the molecule is CS(=O)(=O)c1ccccc1-c1nc(S(=O)(=O)Cc2ccc(Cl)cc2)sc1-c1ccc(F)cc1. The van der Waals surface area contributed by atoms with Gasteiger partial charge in [-0.3, -0.25) is 0 Å². The summed E-state index contributed by atoms with van der Waals surface area (Å²) in [6.07, 6.45) is 1.08. The molecule has 0 spiro atoms. The van der Waals surface area contributed by atoms with Crippen molar-refractivity contribution in [2.24, 2.45) is 0 Å². The molecule has 0 atom stereocenters. The van der Waals surface area contributed by atoms with Crippen LogP contribution in [0.25, 0.3) is 21.7 Å². The third-order valence-electron chi connectivity index (χ3n) is 4.79. The molecule has 0 saturated heterocycles. The lowest BCUT2D eigenvalue weighted by Crippen LogP contribution is -2.05. The molecule has 4 rings (SSSR count). The summed E-state index contributed by atoms with van der Waals surface area (Å²) >= 11 is 6.81. The van der Waals surface area contributed by atoms with E-state index in [-0.39, 0.29) is 26.2 Å². The molecule has 0 amide bonds. The van der Waals surface area contributed by atoms with E-state index in [2.05, 4.69) is 4.98 Å². The minimum atomic E-state index is -3.86. The Balaban J connectivity index is 1.90. The Morgan fingerprint density at radius 1 is 0.909 bits per heavy atom. The van der Waals surface area contributed by atoms with Crippen LogP contribution in [0.2, 0.25) is 5.02 Å². The van der Waals surface area contributed by atoms with Gasteiger partial charge < -0.3 is 0 Å². The van der Waals surface area contributed by atoms with Gasteiger partial charge in [-0.25, -0.2) is 26.2 Å². The number of rotatable bonds is 6. The summed E-state index contributed by atoms with van der Waals surface area (Å²) in [4.78, 5) is 4.84. The van der Waals surface area contributed by atoms with Crippen molar-refractivity contribution in [3.63, 3.8) is 0 Å². The fourth-order valence-electron chi connectivity index (χ4n) is 3.26. The fourth-order valence-corrected chi connectivity index (χ4v) is 7.01. The van der Waals surface area contributed by atoms with Crippen LogP contribution in [0.15, 0.2) is 82.0 Å². The molecule has 0 N–H and O–H groups in total. The lowest BCUT2D eigenvalue weighted by molar-refractivity contribution is 0.594. The first-order chi connectivity index (χ1) is 15.5. The maximum atomic E-state index is 13.5. The van der Waals surface area contributed by atoms with Crippen LogP contribution in [-0.2, 0) is 25.4 Å². The van der Waals surface area contributed by atoms with E-state index >= 15 is 0 Å². The molecule has 0 fully saturated rings. The van der Waals surface area contributed by atoms with Crippen molar-refractivity contribution in [3.05, 3.63) is 89.2 Å². The Morgan fingerprint density at radius 2 is 1.55 bits per heavy atom. The van der Waals surface area contributed by atoms with E-state index in [1.165, 1.54) is 30.3 Å². The van der Waals surface area contributed by atoms with E-state index in [0.717, 1.165) is 17.6 Å². The summed E-state index contributed by atoms with van der Waals surface area (Å²) in [5.74, 6) is -0.745. The van der Waals surface area contributed by atoms with Gasteiger partial charge in [0.15, 0.2) is 9.84 Å². The van der Waals surface area contributed by atoms with Crippen LogP contribution in [0.5, 0.6) is 0 Å². The second-order valence-electron chi connectivity index (χ2n) is 7.32. The van der Waals surface area contributed by atoms with Crippen LogP contribution in [0.1, 0.15) is 5.56 Å². The summed E-state index contributed by atoms with van der Waals surface area (Å²) in [6.45, 7) is 0. The lowest BCUT2D eigenvalue weighted by Gasteiger charge is -2.08. The lowest BCUT2D eigenvalue weighted by atomic mass is 10.1. The summed E-state index contributed by atoms with van der Waals surface area (Å²) in [6, 6.07) is 18.2. The van der Waals surface area contributed by atoms with Crippen LogP contribution in [0, 0.1) is 5.82 Å². The molecular weight excluding hydrogens is 505 g/mol. The molecule has 0 aliphatic rings. The summed E-state index contributed by atoms with van der Waals surface area (Å²) < 4.78 is 64.5. The first kappa shape index (κ1) is 23.6.